The zero-order valence-electron chi connectivity index (χ0n) is 24.9. The van der Waals surface area contributed by atoms with Crippen molar-refractivity contribution >= 4 is 50.7 Å². The number of para-hydroxylation sites is 2. The second-order valence-electron chi connectivity index (χ2n) is 10.4. The number of hydrogen-bond donors (Lipinski definition) is 1. The molecule has 0 fully saturated rings. The number of carbonyl (C=O) groups excluding carboxylic acids is 2. The Labute approximate surface area is 265 Å². The molecule has 0 saturated heterocycles. The second kappa shape index (κ2) is 16.0. The van der Waals surface area contributed by atoms with Gasteiger partial charge in [0.05, 0.1) is 29.1 Å². The molecule has 0 bridgehead atoms. The Morgan fingerprint density at radius 2 is 1.63 bits per heavy atom. The minimum absolute atomic E-state index is 0.00436. The first-order valence-electron chi connectivity index (χ1n) is 14.1. The van der Waals surface area contributed by atoms with Gasteiger partial charge in [0.25, 0.3) is 0 Å². The van der Waals surface area contributed by atoms with Gasteiger partial charge in [-0.05, 0) is 55.2 Å². The van der Waals surface area contributed by atoms with E-state index in [-0.39, 0.29) is 43.8 Å². The van der Waals surface area contributed by atoms with Crippen LogP contribution >= 0.6 is 23.2 Å². The van der Waals surface area contributed by atoms with Gasteiger partial charge in [-0.1, -0.05) is 78.7 Å². The molecule has 3 aromatic carbocycles. The molecule has 8 nitrogen and oxygen atoms in total. The van der Waals surface area contributed by atoms with E-state index in [4.69, 9.17) is 27.9 Å². The van der Waals surface area contributed by atoms with E-state index in [0.29, 0.717) is 33.5 Å². The number of halogens is 2. The maximum absolute atomic E-state index is 14.0. The van der Waals surface area contributed by atoms with Crippen LogP contribution in [0.1, 0.15) is 44.2 Å². The number of amides is 2. The van der Waals surface area contributed by atoms with Crippen LogP contribution in [0.2, 0.25) is 10.0 Å². The van der Waals surface area contributed by atoms with Crippen LogP contribution in [-0.2, 0) is 32.6 Å². The normalized spacial score (nSPS) is 12.7. The first kappa shape index (κ1) is 34.2. The standard InChI is InChI=1S/C32H39Cl2N3O5S/c1-5-23(2)35-32(39)29(21-24-12-7-6-8-13-24)36(22-25-17-18-26(33)27(34)20-25)31(38)16-11-19-37(43(4,40)41)28-14-9-10-15-30(28)42-3/h6-10,12-15,17-18,20,23,29H,5,11,16,19,21-22H2,1-4H3,(H,35,39)/t23-,29-/m0/s1. The smallest absolute Gasteiger partial charge is 0.243 e. The number of methoxy groups -OCH3 is 1. The van der Waals surface area contributed by atoms with E-state index in [1.807, 2.05) is 44.2 Å². The fourth-order valence-electron chi connectivity index (χ4n) is 4.65. The number of rotatable bonds is 15. The molecule has 0 radical (unpaired) electrons. The molecular formula is C32H39Cl2N3O5S. The molecule has 0 aromatic heterocycles. The Kier molecular flexibility index (Phi) is 12.7. The van der Waals surface area contributed by atoms with Gasteiger partial charge in [-0.25, -0.2) is 8.42 Å². The van der Waals surface area contributed by atoms with Gasteiger partial charge in [-0.15, -0.1) is 0 Å². The lowest BCUT2D eigenvalue weighted by Gasteiger charge is -2.33. The summed E-state index contributed by atoms with van der Waals surface area (Å²) >= 11 is 12.4. The molecule has 0 aliphatic rings. The van der Waals surface area contributed by atoms with Crippen LogP contribution in [0, 0.1) is 0 Å². The summed E-state index contributed by atoms with van der Waals surface area (Å²) in [7, 11) is -2.20. The molecule has 3 aromatic rings. The van der Waals surface area contributed by atoms with Crippen molar-refractivity contribution < 1.29 is 22.7 Å². The molecule has 0 heterocycles. The number of hydrogen-bond acceptors (Lipinski definition) is 5. The molecule has 0 aliphatic carbocycles. The summed E-state index contributed by atoms with van der Waals surface area (Å²) in [4.78, 5) is 29.2. The van der Waals surface area contributed by atoms with Gasteiger partial charge in [0.2, 0.25) is 21.8 Å². The van der Waals surface area contributed by atoms with Gasteiger partial charge >= 0.3 is 0 Å². The van der Waals surface area contributed by atoms with E-state index in [2.05, 4.69) is 5.32 Å². The minimum Gasteiger partial charge on any atom is -0.495 e. The summed E-state index contributed by atoms with van der Waals surface area (Å²) in [5.74, 6) is -0.150. The largest absolute Gasteiger partial charge is 0.495 e. The van der Waals surface area contributed by atoms with Crippen LogP contribution in [-0.4, -0.2) is 57.1 Å². The van der Waals surface area contributed by atoms with Crippen molar-refractivity contribution in [1.29, 1.82) is 0 Å². The van der Waals surface area contributed by atoms with Crippen molar-refractivity contribution in [1.82, 2.24) is 10.2 Å². The van der Waals surface area contributed by atoms with Crippen molar-refractivity contribution in [2.24, 2.45) is 0 Å². The average molecular weight is 649 g/mol. The van der Waals surface area contributed by atoms with E-state index < -0.39 is 16.1 Å². The van der Waals surface area contributed by atoms with Gasteiger partial charge in [-0.3, -0.25) is 13.9 Å². The lowest BCUT2D eigenvalue weighted by molar-refractivity contribution is -0.141. The molecule has 0 spiro atoms. The van der Waals surface area contributed by atoms with Gasteiger partial charge in [0, 0.05) is 32.0 Å². The molecule has 0 saturated carbocycles. The van der Waals surface area contributed by atoms with Crippen LogP contribution in [0.25, 0.3) is 0 Å². The maximum Gasteiger partial charge on any atom is 0.243 e. The fourth-order valence-corrected chi connectivity index (χ4v) is 5.94. The van der Waals surface area contributed by atoms with Crippen LogP contribution < -0.4 is 14.4 Å². The summed E-state index contributed by atoms with van der Waals surface area (Å²) in [6.07, 6.45) is 2.37. The van der Waals surface area contributed by atoms with Crippen molar-refractivity contribution in [3.63, 3.8) is 0 Å². The summed E-state index contributed by atoms with van der Waals surface area (Å²) < 4.78 is 32.1. The number of benzene rings is 3. The van der Waals surface area contributed by atoms with Crippen molar-refractivity contribution in [3.8, 4) is 5.75 Å². The first-order chi connectivity index (χ1) is 20.4. The zero-order chi connectivity index (χ0) is 31.6. The highest BCUT2D eigenvalue weighted by molar-refractivity contribution is 7.92. The number of carbonyl (C=O) groups is 2. The predicted molar refractivity (Wildman–Crippen MR) is 173 cm³/mol. The highest BCUT2D eigenvalue weighted by Crippen LogP contribution is 2.30. The Bertz CT molecular complexity index is 1490. The van der Waals surface area contributed by atoms with Crippen LogP contribution in [0.15, 0.2) is 72.8 Å². The van der Waals surface area contributed by atoms with Gasteiger partial charge in [0.1, 0.15) is 11.8 Å². The Morgan fingerprint density at radius 1 is 0.953 bits per heavy atom. The summed E-state index contributed by atoms with van der Waals surface area (Å²) in [6, 6.07) is 20.5. The van der Waals surface area contributed by atoms with Gasteiger partial charge in [-0.2, -0.15) is 0 Å². The fraction of sp³-hybridized carbons (Fsp3) is 0.375. The van der Waals surface area contributed by atoms with Crippen LogP contribution in [0.4, 0.5) is 5.69 Å². The maximum atomic E-state index is 14.0. The van der Waals surface area contributed by atoms with E-state index >= 15 is 0 Å². The van der Waals surface area contributed by atoms with E-state index in [0.717, 1.165) is 18.2 Å². The van der Waals surface area contributed by atoms with E-state index in [1.165, 1.54) is 11.4 Å². The number of ether oxygens (including phenoxy) is 1. The average Bonchev–Trinajstić information content (AvgIpc) is 2.98. The molecule has 232 valence electrons. The van der Waals surface area contributed by atoms with Crippen LogP contribution in [0.5, 0.6) is 5.75 Å². The summed E-state index contributed by atoms with van der Waals surface area (Å²) in [5.41, 5.74) is 2.00. The molecular weight excluding hydrogens is 609 g/mol. The number of anilines is 1. The molecule has 11 heteroatoms. The summed E-state index contributed by atoms with van der Waals surface area (Å²) in [6.45, 7) is 4.06. The quantitative estimate of drug-likeness (QED) is 0.215. The Balaban J connectivity index is 1.93. The minimum atomic E-state index is -3.68. The number of nitrogens with zero attached hydrogens (tertiary/aromatic N) is 2. The van der Waals surface area contributed by atoms with E-state index in [1.54, 1.807) is 47.4 Å². The highest BCUT2D eigenvalue weighted by Gasteiger charge is 2.31. The van der Waals surface area contributed by atoms with Crippen molar-refractivity contribution in [2.75, 3.05) is 24.2 Å². The summed E-state index contributed by atoms with van der Waals surface area (Å²) in [5, 5.41) is 3.77. The molecule has 2 amide bonds. The van der Waals surface area contributed by atoms with Gasteiger partial charge < -0.3 is 15.0 Å². The Hall–Kier alpha value is -3.27. The molecule has 43 heavy (non-hydrogen) atoms. The van der Waals surface area contributed by atoms with Gasteiger partial charge in [0.15, 0.2) is 0 Å². The molecule has 1 N–H and O–H groups in total. The van der Waals surface area contributed by atoms with Crippen molar-refractivity contribution in [2.45, 2.75) is 58.2 Å². The lowest BCUT2D eigenvalue weighted by Crippen LogP contribution is -2.52. The molecule has 0 unspecified atom stereocenters. The molecule has 0 aliphatic heterocycles. The number of sulfonamides is 1. The van der Waals surface area contributed by atoms with Crippen molar-refractivity contribution in [3.05, 3.63) is 94.0 Å². The SMILES string of the molecule is CC[C@H](C)NC(=O)[C@H](Cc1ccccc1)N(Cc1ccc(Cl)c(Cl)c1)C(=O)CCCN(c1ccccc1OC)S(C)(=O)=O. The third-order valence-corrected chi connectivity index (χ3v) is 9.03. The topological polar surface area (TPSA) is 96.0 Å². The third kappa shape index (κ3) is 9.88. The van der Waals surface area contributed by atoms with E-state index in [9.17, 15) is 18.0 Å². The predicted octanol–water partition coefficient (Wildman–Crippen LogP) is 6.10. The van der Waals surface area contributed by atoms with Crippen LogP contribution in [0.3, 0.4) is 0 Å². The molecule has 3 rings (SSSR count). The number of nitrogens with one attached hydrogen (secondary N) is 1. The second-order valence-corrected chi connectivity index (χ2v) is 13.1. The highest BCUT2D eigenvalue weighted by atomic mass is 35.5. The lowest BCUT2D eigenvalue weighted by atomic mass is 10.0. The monoisotopic (exact) mass is 647 g/mol. The Morgan fingerprint density at radius 3 is 2.26 bits per heavy atom. The molecule has 2 atom stereocenters. The zero-order valence-corrected chi connectivity index (χ0v) is 27.3. The first-order valence-corrected chi connectivity index (χ1v) is 16.7. The third-order valence-electron chi connectivity index (χ3n) is 7.12.